The summed E-state index contributed by atoms with van der Waals surface area (Å²) in [5, 5.41) is 4.11. The summed E-state index contributed by atoms with van der Waals surface area (Å²) in [6.07, 6.45) is 1.12. The summed E-state index contributed by atoms with van der Waals surface area (Å²) in [7, 11) is 0. The Balaban J connectivity index is 2.51. The normalized spacial score (nSPS) is 11.5. The van der Waals surface area contributed by atoms with Crippen LogP contribution < -0.4 is 5.32 Å². The van der Waals surface area contributed by atoms with E-state index in [4.69, 9.17) is 11.6 Å². The van der Waals surface area contributed by atoms with Crippen LogP contribution >= 0.6 is 27.5 Å². The van der Waals surface area contributed by atoms with Crippen molar-refractivity contribution in [1.29, 1.82) is 0 Å². The van der Waals surface area contributed by atoms with Crippen LogP contribution in [-0.4, -0.2) is 6.54 Å². The third-order valence-corrected chi connectivity index (χ3v) is 2.93. The fourth-order valence-electron chi connectivity index (χ4n) is 1.21. The van der Waals surface area contributed by atoms with E-state index in [9.17, 15) is 0 Å². The molecule has 0 atom stereocenters. The van der Waals surface area contributed by atoms with Crippen molar-refractivity contribution >= 4 is 33.2 Å². The Bertz CT molecular complexity index is 331. The first-order valence-corrected chi connectivity index (χ1v) is 6.24. The molecular formula is C12H17BrClN. The molecule has 0 unspecified atom stereocenters. The summed E-state index contributed by atoms with van der Waals surface area (Å²) >= 11 is 9.47. The molecule has 0 aliphatic heterocycles. The van der Waals surface area contributed by atoms with Crippen LogP contribution in [0.3, 0.4) is 0 Å². The van der Waals surface area contributed by atoms with Crippen molar-refractivity contribution in [3.05, 3.63) is 27.7 Å². The summed E-state index contributed by atoms with van der Waals surface area (Å²) in [6.45, 7) is 7.65. The van der Waals surface area contributed by atoms with Crippen molar-refractivity contribution in [2.45, 2.75) is 27.2 Å². The van der Waals surface area contributed by atoms with Crippen molar-refractivity contribution in [2.75, 3.05) is 11.9 Å². The summed E-state index contributed by atoms with van der Waals surface area (Å²) in [5.41, 5.74) is 1.36. The zero-order valence-corrected chi connectivity index (χ0v) is 11.7. The third-order valence-electron chi connectivity index (χ3n) is 2.12. The Kier molecular flexibility index (Phi) is 4.47. The molecule has 1 aromatic carbocycles. The van der Waals surface area contributed by atoms with E-state index in [0.717, 1.165) is 28.1 Å². The van der Waals surface area contributed by atoms with Gasteiger partial charge in [0.05, 0.1) is 10.7 Å². The van der Waals surface area contributed by atoms with Gasteiger partial charge in [-0.25, -0.2) is 0 Å². The van der Waals surface area contributed by atoms with E-state index >= 15 is 0 Å². The SMILES string of the molecule is CC(C)(C)CCNc1ccc(Br)cc1Cl. The van der Waals surface area contributed by atoms with E-state index in [1.165, 1.54) is 0 Å². The van der Waals surface area contributed by atoms with Crippen LogP contribution in [0.25, 0.3) is 0 Å². The fraction of sp³-hybridized carbons (Fsp3) is 0.500. The van der Waals surface area contributed by atoms with Gasteiger partial charge < -0.3 is 5.32 Å². The Labute approximate surface area is 105 Å². The molecule has 84 valence electrons. The molecule has 0 fully saturated rings. The van der Waals surface area contributed by atoms with Gasteiger partial charge in [0.15, 0.2) is 0 Å². The van der Waals surface area contributed by atoms with Crippen molar-refractivity contribution in [3.63, 3.8) is 0 Å². The van der Waals surface area contributed by atoms with Gasteiger partial charge >= 0.3 is 0 Å². The minimum atomic E-state index is 0.356. The molecule has 0 amide bonds. The van der Waals surface area contributed by atoms with Gasteiger partial charge in [0.1, 0.15) is 0 Å². The lowest BCUT2D eigenvalue weighted by atomic mass is 9.92. The number of hydrogen-bond acceptors (Lipinski definition) is 1. The first-order valence-electron chi connectivity index (χ1n) is 5.07. The highest BCUT2D eigenvalue weighted by atomic mass is 79.9. The molecule has 0 aromatic heterocycles. The van der Waals surface area contributed by atoms with Crippen LogP contribution in [-0.2, 0) is 0 Å². The van der Waals surface area contributed by atoms with Crippen molar-refractivity contribution in [2.24, 2.45) is 5.41 Å². The van der Waals surface area contributed by atoms with E-state index in [1.54, 1.807) is 0 Å². The number of nitrogens with one attached hydrogen (secondary N) is 1. The molecule has 0 spiro atoms. The van der Waals surface area contributed by atoms with Gasteiger partial charge in [-0.3, -0.25) is 0 Å². The van der Waals surface area contributed by atoms with Crippen molar-refractivity contribution in [1.82, 2.24) is 0 Å². The second-order valence-electron chi connectivity index (χ2n) is 4.86. The van der Waals surface area contributed by atoms with E-state index in [-0.39, 0.29) is 0 Å². The standard InChI is InChI=1S/C12H17BrClN/c1-12(2,3)6-7-15-11-5-4-9(13)8-10(11)14/h4-5,8,15H,6-7H2,1-3H3. The zero-order valence-electron chi connectivity index (χ0n) is 9.40. The highest BCUT2D eigenvalue weighted by molar-refractivity contribution is 9.10. The molecule has 1 rings (SSSR count). The van der Waals surface area contributed by atoms with Crippen LogP contribution in [0.5, 0.6) is 0 Å². The van der Waals surface area contributed by atoms with Gasteiger partial charge in [-0.05, 0) is 30.0 Å². The number of benzene rings is 1. The zero-order chi connectivity index (χ0) is 11.5. The molecule has 0 aliphatic rings. The predicted octanol–water partition coefficient (Wildman–Crippen LogP) is 4.95. The van der Waals surface area contributed by atoms with E-state index in [1.807, 2.05) is 18.2 Å². The maximum absolute atomic E-state index is 6.09. The largest absolute Gasteiger partial charge is 0.384 e. The van der Waals surface area contributed by atoms with Gasteiger partial charge in [-0.1, -0.05) is 48.3 Å². The maximum atomic E-state index is 6.09. The Morgan fingerprint density at radius 1 is 1.33 bits per heavy atom. The monoisotopic (exact) mass is 289 g/mol. The second kappa shape index (κ2) is 5.22. The van der Waals surface area contributed by atoms with Crippen molar-refractivity contribution in [3.8, 4) is 0 Å². The van der Waals surface area contributed by atoms with Crippen LogP contribution in [0.1, 0.15) is 27.2 Å². The van der Waals surface area contributed by atoms with Crippen LogP contribution in [0, 0.1) is 5.41 Å². The lowest BCUT2D eigenvalue weighted by molar-refractivity contribution is 0.390. The summed E-state index contributed by atoms with van der Waals surface area (Å²) < 4.78 is 1.01. The molecule has 1 N–H and O–H groups in total. The first-order chi connectivity index (χ1) is 6.88. The molecule has 15 heavy (non-hydrogen) atoms. The lowest BCUT2D eigenvalue weighted by Gasteiger charge is -2.18. The Morgan fingerprint density at radius 3 is 2.53 bits per heavy atom. The second-order valence-corrected chi connectivity index (χ2v) is 6.18. The van der Waals surface area contributed by atoms with E-state index < -0.39 is 0 Å². The Hall–Kier alpha value is -0.210. The predicted molar refractivity (Wildman–Crippen MR) is 71.7 cm³/mol. The molecule has 0 bridgehead atoms. The van der Waals surface area contributed by atoms with Gasteiger partial charge in [0.25, 0.3) is 0 Å². The fourth-order valence-corrected chi connectivity index (χ4v) is 1.95. The van der Waals surface area contributed by atoms with Crippen LogP contribution in [0.2, 0.25) is 5.02 Å². The molecule has 0 saturated heterocycles. The van der Waals surface area contributed by atoms with Gasteiger partial charge in [-0.15, -0.1) is 0 Å². The topological polar surface area (TPSA) is 12.0 Å². The lowest BCUT2D eigenvalue weighted by Crippen LogP contribution is -2.12. The molecule has 1 aromatic rings. The smallest absolute Gasteiger partial charge is 0.0648 e. The number of halogens is 2. The van der Waals surface area contributed by atoms with Gasteiger partial charge in [-0.2, -0.15) is 0 Å². The highest BCUT2D eigenvalue weighted by Gasteiger charge is 2.09. The van der Waals surface area contributed by atoms with Crippen LogP contribution in [0.4, 0.5) is 5.69 Å². The maximum Gasteiger partial charge on any atom is 0.0648 e. The molecule has 0 aliphatic carbocycles. The van der Waals surface area contributed by atoms with Crippen molar-refractivity contribution < 1.29 is 0 Å². The van der Waals surface area contributed by atoms with Crippen LogP contribution in [0.15, 0.2) is 22.7 Å². The average molecular weight is 291 g/mol. The average Bonchev–Trinajstić information content (AvgIpc) is 2.07. The Morgan fingerprint density at radius 2 is 2.00 bits per heavy atom. The summed E-state index contributed by atoms with van der Waals surface area (Å²) in [4.78, 5) is 0. The quantitative estimate of drug-likeness (QED) is 0.830. The van der Waals surface area contributed by atoms with Gasteiger partial charge in [0.2, 0.25) is 0 Å². The van der Waals surface area contributed by atoms with Gasteiger partial charge in [0, 0.05) is 11.0 Å². The molecule has 0 saturated carbocycles. The number of rotatable bonds is 3. The minimum Gasteiger partial charge on any atom is -0.384 e. The molecule has 3 heteroatoms. The van der Waals surface area contributed by atoms with E-state index in [0.29, 0.717) is 5.41 Å². The first kappa shape index (κ1) is 12.9. The molecular weight excluding hydrogens is 273 g/mol. The summed E-state index contributed by atoms with van der Waals surface area (Å²) in [6, 6.07) is 5.89. The highest BCUT2D eigenvalue weighted by Crippen LogP contribution is 2.26. The van der Waals surface area contributed by atoms with E-state index in [2.05, 4.69) is 42.0 Å². The third kappa shape index (κ3) is 4.89. The number of anilines is 1. The number of hydrogen-bond donors (Lipinski definition) is 1. The minimum absolute atomic E-state index is 0.356. The molecule has 0 radical (unpaired) electrons. The summed E-state index contributed by atoms with van der Waals surface area (Å²) in [5.74, 6) is 0. The molecule has 0 heterocycles. The molecule has 1 nitrogen and oxygen atoms in total.